The molecule has 0 aliphatic carbocycles. The van der Waals surface area contributed by atoms with E-state index in [4.69, 9.17) is 29.4 Å². The first-order valence-electron chi connectivity index (χ1n) is 11.1. The molecule has 0 saturated carbocycles. The van der Waals surface area contributed by atoms with E-state index in [0.717, 1.165) is 0 Å². The Morgan fingerprint density at radius 3 is 2.56 bits per heavy atom. The second-order valence-corrected chi connectivity index (χ2v) is 7.54. The second kappa shape index (κ2) is 11.4. The lowest BCUT2D eigenvalue weighted by atomic mass is 9.83. The largest absolute Gasteiger partial charge is 0.490 e. The minimum atomic E-state index is -0.805. The number of nitriles is 1. The highest BCUT2D eigenvalue weighted by molar-refractivity contribution is 5.92. The molecular weight excluding hydrogens is 442 g/mol. The van der Waals surface area contributed by atoms with Crippen molar-refractivity contribution in [2.75, 3.05) is 46.1 Å². The molecule has 2 aliphatic rings. The molecule has 34 heavy (non-hydrogen) atoms. The number of hydrogen-bond donors (Lipinski definition) is 1. The average molecular weight is 472 g/mol. The summed E-state index contributed by atoms with van der Waals surface area (Å²) in [6.07, 6.45) is 0. The molecule has 2 N–H and O–H groups in total. The third kappa shape index (κ3) is 5.43. The number of ether oxygens (including phenoxy) is 5. The van der Waals surface area contributed by atoms with Gasteiger partial charge in [0.2, 0.25) is 5.88 Å². The second-order valence-electron chi connectivity index (χ2n) is 7.54. The van der Waals surface area contributed by atoms with E-state index in [1.807, 2.05) is 13.0 Å². The number of carbonyl (C=O) groups excluding carboxylic acids is 2. The van der Waals surface area contributed by atoms with Gasteiger partial charge in [-0.05, 0) is 38.5 Å². The Morgan fingerprint density at radius 2 is 1.91 bits per heavy atom. The van der Waals surface area contributed by atoms with Crippen molar-refractivity contribution in [1.82, 2.24) is 4.90 Å². The minimum absolute atomic E-state index is 0.0764. The van der Waals surface area contributed by atoms with Gasteiger partial charge in [-0.2, -0.15) is 5.26 Å². The molecule has 10 nitrogen and oxygen atoms in total. The van der Waals surface area contributed by atoms with Crippen LogP contribution in [-0.2, 0) is 23.8 Å². The third-order valence-electron chi connectivity index (χ3n) is 5.42. The summed E-state index contributed by atoms with van der Waals surface area (Å²) in [5.41, 5.74) is 6.81. The molecular formula is C24H29N3O7. The monoisotopic (exact) mass is 471 g/mol. The van der Waals surface area contributed by atoms with Gasteiger partial charge in [-0.15, -0.1) is 0 Å². The van der Waals surface area contributed by atoms with Gasteiger partial charge in [-0.3, -0.25) is 4.79 Å². The summed E-state index contributed by atoms with van der Waals surface area (Å²) in [7, 11) is 0. The molecule has 1 aromatic rings. The van der Waals surface area contributed by atoms with E-state index >= 15 is 0 Å². The molecule has 1 fully saturated rings. The Hall–Kier alpha value is -3.71. The van der Waals surface area contributed by atoms with E-state index in [2.05, 4.69) is 0 Å². The molecule has 182 valence electrons. The lowest BCUT2D eigenvalue weighted by molar-refractivity contribution is -0.139. The Balaban J connectivity index is 1.92. The molecule has 1 atom stereocenters. The maximum Gasteiger partial charge on any atom is 0.338 e. The van der Waals surface area contributed by atoms with Gasteiger partial charge in [0.1, 0.15) is 17.4 Å². The third-order valence-corrected chi connectivity index (χ3v) is 5.42. The Bertz CT molecular complexity index is 1040. The zero-order valence-electron chi connectivity index (χ0n) is 19.6. The van der Waals surface area contributed by atoms with Crippen molar-refractivity contribution in [3.63, 3.8) is 0 Å². The van der Waals surface area contributed by atoms with Crippen LogP contribution in [0.2, 0.25) is 0 Å². The fraction of sp³-hybridized carbons (Fsp3) is 0.458. The first kappa shape index (κ1) is 24.9. The number of nitrogens with two attached hydrogens (primary N) is 1. The lowest BCUT2D eigenvalue weighted by Crippen LogP contribution is -2.43. The van der Waals surface area contributed by atoms with Gasteiger partial charge in [-0.25, -0.2) is 4.79 Å². The molecule has 2 heterocycles. The van der Waals surface area contributed by atoms with Crippen molar-refractivity contribution >= 4 is 11.9 Å². The van der Waals surface area contributed by atoms with E-state index in [9.17, 15) is 14.9 Å². The number of allylic oxidation sites excluding steroid dienone is 2. The molecule has 0 radical (unpaired) electrons. The van der Waals surface area contributed by atoms with Gasteiger partial charge >= 0.3 is 5.97 Å². The van der Waals surface area contributed by atoms with Gasteiger partial charge in [0.25, 0.3) is 5.91 Å². The Labute approximate surface area is 198 Å². The predicted molar refractivity (Wildman–Crippen MR) is 120 cm³/mol. The summed E-state index contributed by atoms with van der Waals surface area (Å²) in [5, 5.41) is 9.76. The highest BCUT2D eigenvalue weighted by Crippen LogP contribution is 2.42. The Morgan fingerprint density at radius 1 is 1.18 bits per heavy atom. The molecule has 0 spiro atoms. The molecule has 0 bridgehead atoms. The standard InChI is InChI=1S/C24H29N3O7/c1-4-31-19-12-16(6-7-18(19)33-14-20(28)27-8-10-30-11-9-27)22-17(13-25)23(26)34-15(3)21(22)24(29)32-5-2/h6-7,12,22H,4-5,8-11,14,26H2,1-3H3. The summed E-state index contributed by atoms with van der Waals surface area (Å²) in [4.78, 5) is 26.9. The van der Waals surface area contributed by atoms with Crippen LogP contribution >= 0.6 is 0 Å². The fourth-order valence-electron chi connectivity index (χ4n) is 3.82. The smallest absolute Gasteiger partial charge is 0.338 e. The van der Waals surface area contributed by atoms with Gasteiger partial charge in [0.05, 0.1) is 37.9 Å². The van der Waals surface area contributed by atoms with Crippen molar-refractivity contribution in [1.29, 1.82) is 5.26 Å². The van der Waals surface area contributed by atoms with Crippen LogP contribution < -0.4 is 15.2 Å². The SMILES string of the molecule is CCOC(=O)C1=C(C)OC(N)=C(C#N)C1c1ccc(OCC(=O)N2CCOCC2)c(OCC)c1. The maximum absolute atomic E-state index is 12.7. The fourth-order valence-corrected chi connectivity index (χ4v) is 3.82. The molecule has 0 aromatic heterocycles. The van der Waals surface area contributed by atoms with E-state index in [1.165, 1.54) is 0 Å². The van der Waals surface area contributed by atoms with Crippen molar-refractivity contribution in [3.05, 3.63) is 46.6 Å². The van der Waals surface area contributed by atoms with Crippen molar-refractivity contribution < 1.29 is 33.3 Å². The average Bonchev–Trinajstić information content (AvgIpc) is 2.83. The highest BCUT2D eigenvalue weighted by atomic mass is 16.5. The quantitative estimate of drug-likeness (QED) is 0.565. The zero-order chi connectivity index (χ0) is 24.7. The predicted octanol–water partition coefficient (Wildman–Crippen LogP) is 1.97. The van der Waals surface area contributed by atoms with Gasteiger partial charge in [0, 0.05) is 13.1 Å². The number of hydrogen-bond acceptors (Lipinski definition) is 9. The first-order chi connectivity index (χ1) is 16.4. The summed E-state index contributed by atoms with van der Waals surface area (Å²) >= 11 is 0. The number of morpholine rings is 1. The summed E-state index contributed by atoms with van der Waals surface area (Å²) < 4.78 is 27.4. The van der Waals surface area contributed by atoms with Crippen LogP contribution in [0.15, 0.2) is 41.0 Å². The first-order valence-corrected chi connectivity index (χ1v) is 11.1. The van der Waals surface area contributed by atoms with E-state index in [1.54, 1.807) is 36.9 Å². The van der Waals surface area contributed by atoms with Crippen LogP contribution in [0, 0.1) is 11.3 Å². The summed E-state index contributed by atoms with van der Waals surface area (Å²) in [6.45, 7) is 7.51. The highest BCUT2D eigenvalue weighted by Gasteiger charge is 2.36. The molecule has 3 rings (SSSR count). The van der Waals surface area contributed by atoms with Gasteiger partial charge in [-0.1, -0.05) is 6.07 Å². The van der Waals surface area contributed by atoms with Gasteiger partial charge < -0.3 is 34.3 Å². The van der Waals surface area contributed by atoms with E-state index in [-0.39, 0.29) is 41.9 Å². The summed E-state index contributed by atoms with van der Waals surface area (Å²) in [6, 6.07) is 7.06. The van der Waals surface area contributed by atoms with E-state index in [0.29, 0.717) is 50.0 Å². The van der Waals surface area contributed by atoms with E-state index < -0.39 is 11.9 Å². The van der Waals surface area contributed by atoms with Crippen molar-refractivity contribution in [2.45, 2.75) is 26.7 Å². The van der Waals surface area contributed by atoms with Gasteiger partial charge in [0.15, 0.2) is 18.1 Å². The normalized spacial score (nSPS) is 18.2. The van der Waals surface area contributed by atoms with Crippen LogP contribution in [-0.4, -0.2) is 62.9 Å². The molecule has 1 amide bonds. The summed E-state index contributed by atoms with van der Waals surface area (Å²) in [5.74, 6) is -0.626. The number of carbonyl (C=O) groups is 2. The molecule has 2 aliphatic heterocycles. The number of esters is 1. The number of benzene rings is 1. The topological polar surface area (TPSA) is 133 Å². The zero-order valence-corrected chi connectivity index (χ0v) is 19.6. The molecule has 1 aromatic carbocycles. The number of amides is 1. The molecule has 1 saturated heterocycles. The van der Waals surface area contributed by atoms with Crippen molar-refractivity contribution in [2.24, 2.45) is 5.73 Å². The van der Waals surface area contributed by atoms with Crippen LogP contribution in [0.3, 0.4) is 0 Å². The minimum Gasteiger partial charge on any atom is -0.490 e. The maximum atomic E-state index is 12.7. The molecule has 1 unspecified atom stereocenters. The van der Waals surface area contributed by atoms with Crippen LogP contribution in [0.25, 0.3) is 0 Å². The Kier molecular flexibility index (Phi) is 8.38. The molecule has 10 heteroatoms. The van der Waals surface area contributed by atoms with Crippen LogP contribution in [0.4, 0.5) is 0 Å². The number of nitrogens with zero attached hydrogens (tertiary/aromatic N) is 2. The lowest BCUT2D eigenvalue weighted by Gasteiger charge is -2.28. The van der Waals surface area contributed by atoms with Crippen LogP contribution in [0.1, 0.15) is 32.3 Å². The van der Waals surface area contributed by atoms with Crippen molar-refractivity contribution in [3.8, 4) is 17.6 Å². The van der Waals surface area contributed by atoms with Crippen LogP contribution in [0.5, 0.6) is 11.5 Å². The number of rotatable bonds is 8.